The second-order valence-corrected chi connectivity index (χ2v) is 7.03. The molecule has 2 aromatic carbocycles. The summed E-state index contributed by atoms with van der Waals surface area (Å²) in [6.07, 6.45) is 2.27. The van der Waals surface area contributed by atoms with E-state index in [-0.39, 0.29) is 29.4 Å². The summed E-state index contributed by atoms with van der Waals surface area (Å²) in [5, 5.41) is 3.08. The number of nitrogens with one attached hydrogen (secondary N) is 1. The molecule has 0 spiro atoms. The minimum absolute atomic E-state index is 0.0664. The Morgan fingerprint density at radius 1 is 1.14 bits per heavy atom. The fourth-order valence-electron chi connectivity index (χ4n) is 3.28. The molecule has 1 atom stereocenters. The van der Waals surface area contributed by atoms with Crippen LogP contribution in [-0.2, 0) is 6.42 Å². The number of Topliss-reactive ketones (excluding diaryl/α,β-unsaturated/α-hetero) is 1. The minimum atomic E-state index is -0.389. The van der Waals surface area contributed by atoms with Gasteiger partial charge in [-0.25, -0.2) is 14.4 Å². The second-order valence-electron chi connectivity index (χ2n) is 6.60. The molecule has 28 heavy (non-hydrogen) atoms. The van der Waals surface area contributed by atoms with Crippen molar-refractivity contribution in [2.45, 2.75) is 18.8 Å². The van der Waals surface area contributed by atoms with Gasteiger partial charge in [0.25, 0.3) is 5.91 Å². The number of amides is 1. The van der Waals surface area contributed by atoms with Gasteiger partial charge >= 0.3 is 0 Å². The molecule has 0 saturated heterocycles. The number of hydrogen-bond donors (Lipinski definition) is 1. The molecule has 4 rings (SSSR count). The smallest absolute Gasteiger partial charge is 0.258 e. The van der Waals surface area contributed by atoms with E-state index in [1.165, 1.54) is 18.3 Å². The number of hydrogen-bond acceptors (Lipinski definition) is 4. The lowest BCUT2D eigenvalue weighted by molar-refractivity contribution is 0.0962. The molecule has 3 aromatic rings. The van der Waals surface area contributed by atoms with Crippen molar-refractivity contribution in [3.8, 4) is 0 Å². The molecule has 0 saturated carbocycles. The summed E-state index contributed by atoms with van der Waals surface area (Å²) in [5.41, 5.74) is 2.29. The summed E-state index contributed by atoms with van der Waals surface area (Å²) in [6, 6.07) is 12.7. The van der Waals surface area contributed by atoms with Crippen LogP contribution in [0.5, 0.6) is 0 Å². The Labute approximate surface area is 165 Å². The Morgan fingerprint density at radius 3 is 2.68 bits per heavy atom. The maximum atomic E-state index is 13.2. The van der Waals surface area contributed by atoms with E-state index in [1.54, 1.807) is 36.4 Å². The van der Waals surface area contributed by atoms with Gasteiger partial charge in [0, 0.05) is 23.2 Å². The van der Waals surface area contributed by atoms with Gasteiger partial charge in [0.2, 0.25) is 5.95 Å². The number of ketones is 1. The number of benzene rings is 2. The van der Waals surface area contributed by atoms with E-state index in [0.717, 1.165) is 5.56 Å². The van der Waals surface area contributed by atoms with E-state index in [2.05, 4.69) is 15.3 Å². The predicted molar refractivity (Wildman–Crippen MR) is 103 cm³/mol. The van der Waals surface area contributed by atoms with Crippen LogP contribution in [0.25, 0.3) is 0 Å². The summed E-state index contributed by atoms with van der Waals surface area (Å²) >= 11 is 5.91. The van der Waals surface area contributed by atoms with Crippen LogP contribution in [-0.4, -0.2) is 21.7 Å². The molecule has 5 nitrogen and oxygen atoms in total. The van der Waals surface area contributed by atoms with E-state index in [1.807, 2.05) is 0 Å². The first kappa shape index (κ1) is 18.3. The topological polar surface area (TPSA) is 72.0 Å². The number of anilines is 1. The molecule has 1 aliphatic carbocycles. The number of fused-ring (bicyclic) bond motifs is 1. The van der Waals surface area contributed by atoms with Crippen LogP contribution in [0.2, 0.25) is 5.02 Å². The quantitative estimate of drug-likeness (QED) is 0.711. The summed E-state index contributed by atoms with van der Waals surface area (Å²) in [7, 11) is 0. The van der Waals surface area contributed by atoms with Crippen molar-refractivity contribution < 1.29 is 14.0 Å². The Morgan fingerprint density at radius 2 is 1.93 bits per heavy atom. The van der Waals surface area contributed by atoms with Gasteiger partial charge in [0.05, 0.1) is 11.3 Å². The van der Waals surface area contributed by atoms with Crippen LogP contribution in [0.15, 0.2) is 54.7 Å². The van der Waals surface area contributed by atoms with Crippen LogP contribution >= 0.6 is 11.6 Å². The van der Waals surface area contributed by atoms with Gasteiger partial charge in [0.1, 0.15) is 5.82 Å². The highest BCUT2D eigenvalue weighted by Gasteiger charge is 2.28. The normalized spacial score (nSPS) is 15.8. The zero-order valence-corrected chi connectivity index (χ0v) is 15.4. The molecule has 1 aromatic heterocycles. The molecule has 0 aliphatic heterocycles. The molecule has 0 bridgehead atoms. The van der Waals surface area contributed by atoms with Crippen LogP contribution in [0.3, 0.4) is 0 Å². The van der Waals surface area contributed by atoms with Gasteiger partial charge in [-0.3, -0.25) is 14.9 Å². The Hall–Kier alpha value is -3.12. The fourth-order valence-corrected chi connectivity index (χ4v) is 3.47. The van der Waals surface area contributed by atoms with Crippen molar-refractivity contribution >= 4 is 29.2 Å². The summed E-state index contributed by atoms with van der Waals surface area (Å²) < 4.78 is 13.2. The molecule has 1 aliphatic rings. The van der Waals surface area contributed by atoms with E-state index in [0.29, 0.717) is 34.7 Å². The standard InChI is InChI=1S/C21H15ClFN3O2/c22-15-3-1-2-13(8-15)20(28)26-21-24-11-17-18(25-21)9-14(10-19(17)27)12-4-6-16(23)7-5-12/h1-8,11,14H,9-10H2,(H,24,25,26,28)/t14-/m0/s1. The first-order valence-corrected chi connectivity index (χ1v) is 9.09. The van der Waals surface area contributed by atoms with Gasteiger partial charge in [-0.15, -0.1) is 0 Å². The lowest BCUT2D eigenvalue weighted by Crippen LogP contribution is -2.22. The van der Waals surface area contributed by atoms with Gasteiger partial charge < -0.3 is 0 Å². The van der Waals surface area contributed by atoms with E-state index >= 15 is 0 Å². The highest BCUT2D eigenvalue weighted by atomic mass is 35.5. The van der Waals surface area contributed by atoms with Crippen molar-refractivity contribution in [1.29, 1.82) is 0 Å². The Balaban J connectivity index is 1.57. The molecule has 0 unspecified atom stereocenters. The zero-order valence-electron chi connectivity index (χ0n) is 14.7. The average Bonchev–Trinajstić information content (AvgIpc) is 2.68. The van der Waals surface area contributed by atoms with Gasteiger partial charge in [-0.2, -0.15) is 0 Å². The first-order valence-electron chi connectivity index (χ1n) is 8.71. The van der Waals surface area contributed by atoms with Crippen molar-refractivity contribution in [2.24, 2.45) is 0 Å². The largest absolute Gasteiger partial charge is 0.294 e. The Bertz CT molecular complexity index is 1070. The molecule has 1 N–H and O–H groups in total. The maximum Gasteiger partial charge on any atom is 0.258 e. The zero-order chi connectivity index (χ0) is 19.7. The van der Waals surface area contributed by atoms with Crippen LogP contribution in [0.4, 0.5) is 10.3 Å². The average molecular weight is 396 g/mol. The third-order valence-electron chi connectivity index (χ3n) is 4.69. The highest BCUT2D eigenvalue weighted by Crippen LogP contribution is 2.32. The SMILES string of the molecule is O=C(Nc1ncc2c(n1)C[C@H](c1ccc(F)cc1)CC2=O)c1cccc(Cl)c1. The predicted octanol–water partition coefficient (Wildman–Crippen LogP) is 4.43. The van der Waals surface area contributed by atoms with E-state index in [4.69, 9.17) is 11.6 Å². The van der Waals surface area contributed by atoms with Crippen LogP contribution < -0.4 is 5.32 Å². The summed E-state index contributed by atoms with van der Waals surface area (Å²) in [6.45, 7) is 0. The molecule has 7 heteroatoms. The third-order valence-corrected chi connectivity index (χ3v) is 4.93. The maximum absolute atomic E-state index is 13.2. The van der Waals surface area contributed by atoms with Crippen molar-refractivity contribution in [3.63, 3.8) is 0 Å². The van der Waals surface area contributed by atoms with Crippen molar-refractivity contribution in [2.75, 3.05) is 5.32 Å². The molecule has 0 fully saturated rings. The van der Waals surface area contributed by atoms with Gasteiger partial charge in [-0.1, -0.05) is 29.8 Å². The lowest BCUT2D eigenvalue weighted by Gasteiger charge is -2.23. The van der Waals surface area contributed by atoms with Crippen molar-refractivity contribution in [3.05, 3.63) is 88.0 Å². The van der Waals surface area contributed by atoms with Gasteiger partial charge in [0.15, 0.2) is 5.78 Å². The molecular formula is C21H15ClFN3O2. The van der Waals surface area contributed by atoms with E-state index in [9.17, 15) is 14.0 Å². The number of carbonyl (C=O) groups excluding carboxylic acids is 2. The van der Waals surface area contributed by atoms with E-state index < -0.39 is 0 Å². The van der Waals surface area contributed by atoms with Crippen LogP contribution in [0.1, 0.15) is 44.3 Å². The molecule has 1 amide bonds. The van der Waals surface area contributed by atoms with Crippen molar-refractivity contribution in [1.82, 2.24) is 9.97 Å². The number of carbonyl (C=O) groups is 2. The minimum Gasteiger partial charge on any atom is -0.294 e. The molecular weight excluding hydrogens is 381 g/mol. The molecule has 1 heterocycles. The Kier molecular flexibility index (Phi) is 4.88. The summed E-state index contributed by atoms with van der Waals surface area (Å²) in [5.74, 6) is -0.745. The molecule has 140 valence electrons. The number of nitrogens with zero attached hydrogens (tertiary/aromatic N) is 2. The molecule has 0 radical (unpaired) electrons. The number of rotatable bonds is 3. The number of halogens is 2. The number of aromatic nitrogens is 2. The summed E-state index contributed by atoms with van der Waals surface area (Å²) in [4.78, 5) is 33.3. The van der Waals surface area contributed by atoms with Gasteiger partial charge in [-0.05, 0) is 48.2 Å². The third kappa shape index (κ3) is 3.77. The lowest BCUT2D eigenvalue weighted by atomic mass is 9.82. The second kappa shape index (κ2) is 7.48. The van der Waals surface area contributed by atoms with Crippen LogP contribution in [0, 0.1) is 5.82 Å². The highest BCUT2D eigenvalue weighted by molar-refractivity contribution is 6.31. The monoisotopic (exact) mass is 395 g/mol. The fraction of sp³-hybridized carbons (Fsp3) is 0.143. The first-order chi connectivity index (χ1) is 13.5.